The predicted molar refractivity (Wildman–Crippen MR) is 137 cm³/mol. The van der Waals surface area contributed by atoms with Crippen molar-refractivity contribution in [3.63, 3.8) is 0 Å². The molecular weight excluding hydrogens is 503 g/mol. The van der Waals surface area contributed by atoms with Gasteiger partial charge < -0.3 is 4.74 Å². The van der Waals surface area contributed by atoms with E-state index in [1.165, 1.54) is 43.9 Å². The zero-order valence-electron chi connectivity index (χ0n) is 18.8. The summed E-state index contributed by atoms with van der Waals surface area (Å²) in [5.41, 5.74) is 1.82. The summed E-state index contributed by atoms with van der Waals surface area (Å²) >= 11 is 6.09. The summed E-state index contributed by atoms with van der Waals surface area (Å²) in [4.78, 5) is 12.3. The van der Waals surface area contributed by atoms with E-state index in [0.717, 1.165) is 0 Å². The highest BCUT2D eigenvalue weighted by Gasteiger charge is 2.20. The maximum atomic E-state index is 15.3. The fourth-order valence-corrected chi connectivity index (χ4v) is 5.04. The van der Waals surface area contributed by atoms with Crippen LogP contribution in [0.1, 0.15) is 0 Å². The summed E-state index contributed by atoms with van der Waals surface area (Å²) in [5.74, 6) is -0.0999. The van der Waals surface area contributed by atoms with Crippen LogP contribution in [0.15, 0.2) is 90.2 Å². The maximum absolute atomic E-state index is 15.3. The van der Waals surface area contributed by atoms with Gasteiger partial charge in [0, 0.05) is 40.1 Å². The highest BCUT2D eigenvalue weighted by atomic mass is 35.5. The van der Waals surface area contributed by atoms with E-state index in [1.54, 1.807) is 48.5 Å². The van der Waals surface area contributed by atoms with Crippen molar-refractivity contribution in [1.29, 1.82) is 0 Å². The van der Waals surface area contributed by atoms with Crippen molar-refractivity contribution in [2.75, 3.05) is 11.8 Å². The number of ether oxygens (including phenoxy) is 1. The average Bonchev–Trinajstić information content (AvgIpc) is 2.88. The molecule has 0 spiro atoms. The number of fused-ring (bicyclic) bond motifs is 1. The van der Waals surface area contributed by atoms with Gasteiger partial charge in [-0.1, -0.05) is 29.8 Å². The van der Waals surface area contributed by atoms with Crippen molar-refractivity contribution in [3.8, 4) is 28.1 Å². The summed E-state index contributed by atoms with van der Waals surface area (Å²) in [7, 11) is -2.44. The van der Waals surface area contributed by atoms with Crippen LogP contribution in [0.4, 0.5) is 10.3 Å². The van der Waals surface area contributed by atoms with Gasteiger partial charge in [0.25, 0.3) is 10.0 Å². The number of rotatable bonds is 6. The maximum Gasteiger partial charge on any atom is 0.264 e. The summed E-state index contributed by atoms with van der Waals surface area (Å²) in [6, 6.07) is 17.7. The number of nitrogens with zero attached hydrogens (tertiary/aromatic N) is 3. The van der Waals surface area contributed by atoms with Crippen LogP contribution in [0.25, 0.3) is 33.2 Å². The fourth-order valence-electron chi connectivity index (χ4n) is 3.85. The molecule has 1 N–H and O–H groups in total. The van der Waals surface area contributed by atoms with Crippen molar-refractivity contribution >= 4 is 38.3 Å². The Morgan fingerprint density at radius 1 is 0.889 bits per heavy atom. The minimum absolute atomic E-state index is 0.0223. The molecule has 0 atom stereocenters. The van der Waals surface area contributed by atoms with Gasteiger partial charge in [0.1, 0.15) is 11.6 Å². The van der Waals surface area contributed by atoms with E-state index in [0.29, 0.717) is 43.9 Å². The van der Waals surface area contributed by atoms with Crippen LogP contribution in [0.2, 0.25) is 5.02 Å². The Balaban J connectivity index is 1.59. The number of methoxy groups -OCH3 is 1. The lowest BCUT2D eigenvalue weighted by atomic mass is 9.98. The van der Waals surface area contributed by atoms with Gasteiger partial charge in [-0.05, 0) is 59.5 Å². The van der Waals surface area contributed by atoms with Gasteiger partial charge in [-0.25, -0.2) is 27.5 Å². The number of halogens is 2. The lowest BCUT2D eigenvalue weighted by molar-refractivity contribution is 0.415. The third-order valence-corrected chi connectivity index (χ3v) is 7.08. The molecule has 2 aromatic heterocycles. The number of hydrogen-bond acceptors (Lipinski definition) is 6. The van der Waals surface area contributed by atoms with Crippen molar-refractivity contribution < 1.29 is 17.5 Å². The Morgan fingerprint density at radius 2 is 1.69 bits per heavy atom. The van der Waals surface area contributed by atoms with Gasteiger partial charge in [0.05, 0.1) is 17.7 Å². The monoisotopic (exact) mass is 520 g/mol. The van der Waals surface area contributed by atoms with Crippen molar-refractivity contribution in [3.05, 3.63) is 96.2 Å². The minimum Gasteiger partial charge on any atom is -0.496 e. The molecule has 0 aliphatic heterocycles. The first-order chi connectivity index (χ1) is 17.4. The van der Waals surface area contributed by atoms with Gasteiger partial charge in [0.15, 0.2) is 0 Å². The number of hydrogen-bond donors (Lipinski definition) is 1. The molecule has 0 bridgehead atoms. The average molecular weight is 521 g/mol. The van der Waals surface area contributed by atoms with Gasteiger partial charge in [-0.2, -0.15) is 0 Å². The third kappa shape index (κ3) is 4.58. The van der Waals surface area contributed by atoms with Crippen LogP contribution >= 0.6 is 11.6 Å². The van der Waals surface area contributed by atoms with E-state index in [-0.39, 0.29) is 10.8 Å². The molecule has 0 unspecified atom stereocenters. The van der Waals surface area contributed by atoms with Crippen LogP contribution in [-0.2, 0) is 10.0 Å². The number of nitrogens with one attached hydrogen (secondary N) is 1. The fraction of sp³-hybridized carbons (Fsp3) is 0.0385. The van der Waals surface area contributed by atoms with Gasteiger partial charge in [0.2, 0.25) is 5.95 Å². The Kier molecular flexibility index (Phi) is 6.26. The standard InChI is InChI=1S/C26H18ClFN4O3S/c1-35-24-15-21(16-4-2-5-18(27)12-16)23(28)14-22(24)25-20-7-6-19(13-17(20)8-11-29-25)36(33,34)32-26-30-9-3-10-31-26/h2-15H,1H3,(H,30,31,32). The predicted octanol–water partition coefficient (Wildman–Crippen LogP) is 5.96. The summed E-state index contributed by atoms with van der Waals surface area (Å²) in [6.07, 6.45) is 4.41. The Labute approximate surface area is 211 Å². The highest BCUT2D eigenvalue weighted by molar-refractivity contribution is 7.92. The van der Waals surface area contributed by atoms with Crippen LogP contribution in [0, 0.1) is 5.82 Å². The molecular formula is C26H18ClFN4O3S. The molecule has 0 fully saturated rings. The zero-order chi connectivity index (χ0) is 25.3. The van der Waals surface area contributed by atoms with Gasteiger partial charge >= 0.3 is 0 Å². The minimum atomic E-state index is -3.93. The second-order valence-corrected chi connectivity index (χ2v) is 9.88. The first-order valence-electron chi connectivity index (χ1n) is 10.7. The number of sulfonamides is 1. The molecule has 2 heterocycles. The lowest BCUT2D eigenvalue weighted by Gasteiger charge is -2.14. The highest BCUT2D eigenvalue weighted by Crippen LogP contribution is 2.39. The van der Waals surface area contributed by atoms with Crippen LogP contribution in [-0.4, -0.2) is 30.5 Å². The normalized spacial score (nSPS) is 11.4. The smallest absolute Gasteiger partial charge is 0.264 e. The first kappa shape index (κ1) is 23.7. The summed E-state index contributed by atoms with van der Waals surface area (Å²) < 4.78 is 48.9. The molecule has 5 aromatic rings. The van der Waals surface area contributed by atoms with E-state index in [4.69, 9.17) is 16.3 Å². The van der Waals surface area contributed by atoms with Crippen LogP contribution in [0.3, 0.4) is 0 Å². The molecule has 3 aromatic carbocycles. The summed E-state index contributed by atoms with van der Waals surface area (Å²) in [5, 5.41) is 1.71. The molecule has 5 rings (SSSR count). The van der Waals surface area contributed by atoms with Crippen molar-refractivity contribution in [2.24, 2.45) is 0 Å². The van der Waals surface area contributed by atoms with Crippen LogP contribution in [0.5, 0.6) is 5.75 Å². The van der Waals surface area contributed by atoms with E-state index >= 15 is 4.39 Å². The SMILES string of the molecule is COc1cc(-c2cccc(Cl)c2)c(F)cc1-c1nccc2cc(S(=O)(=O)Nc3ncccn3)ccc12. The Hall–Kier alpha value is -4.08. The lowest BCUT2D eigenvalue weighted by Crippen LogP contribution is -2.14. The van der Waals surface area contributed by atoms with E-state index in [9.17, 15) is 8.42 Å². The topological polar surface area (TPSA) is 94.1 Å². The van der Waals surface area contributed by atoms with E-state index < -0.39 is 15.8 Å². The molecule has 0 aliphatic rings. The molecule has 0 saturated heterocycles. The molecule has 0 amide bonds. The second-order valence-electron chi connectivity index (χ2n) is 7.76. The van der Waals surface area contributed by atoms with Crippen molar-refractivity contribution in [1.82, 2.24) is 15.0 Å². The number of benzene rings is 3. The second kappa shape index (κ2) is 9.52. The number of anilines is 1. The quantitative estimate of drug-likeness (QED) is 0.297. The third-order valence-electron chi connectivity index (χ3n) is 5.52. The van der Waals surface area contributed by atoms with E-state index in [1.807, 2.05) is 0 Å². The molecule has 0 radical (unpaired) electrons. The van der Waals surface area contributed by atoms with Gasteiger partial charge in [-0.3, -0.25) is 4.98 Å². The Bertz CT molecular complexity index is 1700. The van der Waals surface area contributed by atoms with E-state index in [2.05, 4.69) is 19.7 Å². The zero-order valence-corrected chi connectivity index (χ0v) is 20.4. The van der Waals surface area contributed by atoms with Gasteiger partial charge in [-0.15, -0.1) is 0 Å². The summed E-state index contributed by atoms with van der Waals surface area (Å²) in [6.45, 7) is 0. The molecule has 10 heteroatoms. The molecule has 0 saturated carbocycles. The Morgan fingerprint density at radius 3 is 2.44 bits per heavy atom. The molecule has 36 heavy (non-hydrogen) atoms. The number of aromatic nitrogens is 3. The largest absolute Gasteiger partial charge is 0.496 e. The molecule has 7 nitrogen and oxygen atoms in total. The van der Waals surface area contributed by atoms with Crippen LogP contribution < -0.4 is 9.46 Å². The first-order valence-corrected chi connectivity index (χ1v) is 12.5. The van der Waals surface area contributed by atoms with Crippen molar-refractivity contribution in [2.45, 2.75) is 4.90 Å². The number of pyridine rings is 1. The molecule has 180 valence electrons. The molecule has 0 aliphatic carbocycles.